The van der Waals surface area contributed by atoms with Crippen LogP contribution in [-0.2, 0) is 16.0 Å². The molecule has 0 saturated carbocycles. The average Bonchev–Trinajstić information content (AvgIpc) is 2.95. The number of amides is 1. The Morgan fingerprint density at radius 3 is 2.95 bits per heavy atom. The van der Waals surface area contributed by atoms with Gasteiger partial charge in [0.2, 0.25) is 0 Å². The summed E-state index contributed by atoms with van der Waals surface area (Å²) in [4.78, 5) is 12.5. The molecule has 5 nitrogen and oxygen atoms in total. The van der Waals surface area contributed by atoms with Crippen molar-refractivity contribution in [1.29, 1.82) is 0 Å². The summed E-state index contributed by atoms with van der Waals surface area (Å²) in [6.45, 7) is 2.33. The molecule has 5 heteroatoms. The van der Waals surface area contributed by atoms with Gasteiger partial charge in [0, 0.05) is 19.2 Å². The molecule has 0 unspecified atom stereocenters. The standard InChI is InChI=1S/C15H20N2O3/c1-19-15(5-7-16-8-6-15)14(18)17-12-2-3-13-11(10-12)4-9-20-13/h2-3,10,16H,4-9H2,1H3,(H,17,18). The number of rotatable bonds is 3. The zero-order chi connectivity index (χ0) is 14.0. The van der Waals surface area contributed by atoms with E-state index >= 15 is 0 Å². The van der Waals surface area contributed by atoms with Crippen LogP contribution in [0.2, 0.25) is 0 Å². The minimum absolute atomic E-state index is 0.0552. The number of hydrogen-bond donors (Lipinski definition) is 2. The van der Waals surface area contributed by atoms with Crippen LogP contribution >= 0.6 is 0 Å². The zero-order valence-electron chi connectivity index (χ0n) is 11.7. The highest BCUT2D eigenvalue weighted by molar-refractivity contribution is 5.97. The van der Waals surface area contributed by atoms with Crippen molar-refractivity contribution in [2.24, 2.45) is 0 Å². The molecular formula is C15H20N2O3. The molecule has 0 aliphatic carbocycles. The van der Waals surface area contributed by atoms with Crippen molar-refractivity contribution in [1.82, 2.24) is 5.32 Å². The maximum Gasteiger partial charge on any atom is 0.256 e. The van der Waals surface area contributed by atoms with Crippen LogP contribution in [0.15, 0.2) is 18.2 Å². The molecule has 0 radical (unpaired) electrons. The summed E-state index contributed by atoms with van der Waals surface area (Å²) in [6.07, 6.45) is 2.30. The predicted molar refractivity (Wildman–Crippen MR) is 76.1 cm³/mol. The van der Waals surface area contributed by atoms with E-state index < -0.39 is 5.60 Å². The zero-order valence-corrected chi connectivity index (χ0v) is 11.7. The molecular weight excluding hydrogens is 256 g/mol. The van der Waals surface area contributed by atoms with E-state index in [2.05, 4.69) is 10.6 Å². The lowest BCUT2D eigenvalue weighted by Crippen LogP contribution is -2.51. The summed E-state index contributed by atoms with van der Waals surface area (Å²) in [5, 5.41) is 6.24. The average molecular weight is 276 g/mol. The Hall–Kier alpha value is -1.59. The molecule has 0 aromatic heterocycles. The third-order valence-electron chi connectivity index (χ3n) is 4.16. The van der Waals surface area contributed by atoms with Gasteiger partial charge in [0.25, 0.3) is 5.91 Å². The predicted octanol–water partition coefficient (Wildman–Crippen LogP) is 1.33. The Labute approximate surface area is 118 Å². The minimum Gasteiger partial charge on any atom is -0.493 e. The van der Waals surface area contributed by atoms with E-state index in [1.54, 1.807) is 7.11 Å². The number of benzene rings is 1. The largest absolute Gasteiger partial charge is 0.493 e. The Morgan fingerprint density at radius 1 is 1.40 bits per heavy atom. The van der Waals surface area contributed by atoms with Gasteiger partial charge in [-0.05, 0) is 49.7 Å². The van der Waals surface area contributed by atoms with E-state index in [0.29, 0.717) is 12.8 Å². The number of piperidine rings is 1. The van der Waals surface area contributed by atoms with Crippen molar-refractivity contribution in [2.75, 3.05) is 32.1 Å². The SMILES string of the molecule is COC1(C(=O)Nc2ccc3c(c2)CCO3)CCNCC1. The molecule has 1 fully saturated rings. The molecule has 2 aliphatic heterocycles. The number of carbonyl (C=O) groups excluding carboxylic acids is 1. The van der Waals surface area contributed by atoms with Gasteiger partial charge in [-0.15, -0.1) is 0 Å². The molecule has 0 bridgehead atoms. The summed E-state index contributed by atoms with van der Waals surface area (Å²) in [5.74, 6) is 0.867. The molecule has 1 saturated heterocycles. The minimum atomic E-state index is -0.708. The lowest BCUT2D eigenvalue weighted by molar-refractivity contribution is -0.140. The number of fused-ring (bicyclic) bond motifs is 1. The molecule has 2 N–H and O–H groups in total. The van der Waals surface area contributed by atoms with Crippen LogP contribution in [0.4, 0.5) is 5.69 Å². The summed E-state index contributed by atoms with van der Waals surface area (Å²) >= 11 is 0. The third kappa shape index (κ3) is 2.39. The van der Waals surface area contributed by atoms with Crippen molar-refractivity contribution in [3.8, 4) is 5.75 Å². The van der Waals surface area contributed by atoms with E-state index in [1.165, 1.54) is 0 Å². The number of nitrogens with one attached hydrogen (secondary N) is 2. The lowest BCUT2D eigenvalue weighted by Gasteiger charge is -2.34. The second-order valence-corrected chi connectivity index (χ2v) is 5.32. The third-order valence-corrected chi connectivity index (χ3v) is 4.16. The molecule has 20 heavy (non-hydrogen) atoms. The van der Waals surface area contributed by atoms with E-state index in [0.717, 1.165) is 43.1 Å². The first-order valence-corrected chi connectivity index (χ1v) is 7.07. The highest BCUT2D eigenvalue weighted by Crippen LogP contribution is 2.29. The fraction of sp³-hybridized carbons (Fsp3) is 0.533. The van der Waals surface area contributed by atoms with Gasteiger partial charge >= 0.3 is 0 Å². The van der Waals surface area contributed by atoms with Crippen LogP contribution in [0.3, 0.4) is 0 Å². The van der Waals surface area contributed by atoms with Crippen molar-refractivity contribution >= 4 is 11.6 Å². The van der Waals surface area contributed by atoms with Gasteiger partial charge in [-0.3, -0.25) is 4.79 Å². The monoisotopic (exact) mass is 276 g/mol. The van der Waals surface area contributed by atoms with E-state index in [4.69, 9.17) is 9.47 Å². The second kappa shape index (κ2) is 5.42. The second-order valence-electron chi connectivity index (χ2n) is 5.32. The maximum absolute atomic E-state index is 12.5. The van der Waals surface area contributed by atoms with Gasteiger partial charge in [-0.1, -0.05) is 0 Å². The number of methoxy groups -OCH3 is 1. The van der Waals surface area contributed by atoms with Crippen LogP contribution < -0.4 is 15.4 Å². The normalized spacial score (nSPS) is 20.1. The van der Waals surface area contributed by atoms with Crippen molar-refractivity contribution in [2.45, 2.75) is 24.9 Å². The number of ether oxygens (including phenoxy) is 2. The fourth-order valence-corrected chi connectivity index (χ4v) is 2.86. The first kappa shape index (κ1) is 13.4. The van der Waals surface area contributed by atoms with Crippen LogP contribution in [0.1, 0.15) is 18.4 Å². The molecule has 1 aromatic rings. The summed E-state index contributed by atoms with van der Waals surface area (Å²) < 4.78 is 11.0. The molecule has 1 aromatic carbocycles. The molecule has 2 aliphatic rings. The van der Waals surface area contributed by atoms with Gasteiger partial charge in [0.1, 0.15) is 11.4 Å². The molecule has 1 amide bonds. The molecule has 2 heterocycles. The highest BCUT2D eigenvalue weighted by Gasteiger charge is 2.39. The maximum atomic E-state index is 12.5. The fourth-order valence-electron chi connectivity index (χ4n) is 2.86. The molecule has 0 spiro atoms. The van der Waals surface area contributed by atoms with Crippen molar-refractivity contribution in [3.05, 3.63) is 23.8 Å². The van der Waals surface area contributed by atoms with Gasteiger partial charge in [0.05, 0.1) is 6.61 Å². The van der Waals surface area contributed by atoms with Crippen LogP contribution in [-0.4, -0.2) is 38.3 Å². The lowest BCUT2D eigenvalue weighted by atomic mass is 9.91. The van der Waals surface area contributed by atoms with Crippen molar-refractivity contribution < 1.29 is 14.3 Å². The summed E-state index contributed by atoms with van der Waals surface area (Å²) in [5.41, 5.74) is 1.26. The van der Waals surface area contributed by atoms with E-state index in [1.807, 2.05) is 18.2 Å². The van der Waals surface area contributed by atoms with E-state index in [-0.39, 0.29) is 5.91 Å². The van der Waals surface area contributed by atoms with Crippen LogP contribution in [0.25, 0.3) is 0 Å². The number of hydrogen-bond acceptors (Lipinski definition) is 4. The van der Waals surface area contributed by atoms with Crippen LogP contribution in [0, 0.1) is 0 Å². The first-order valence-electron chi connectivity index (χ1n) is 7.07. The van der Waals surface area contributed by atoms with Crippen molar-refractivity contribution in [3.63, 3.8) is 0 Å². The highest BCUT2D eigenvalue weighted by atomic mass is 16.5. The van der Waals surface area contributed by atoms with Gasteiger partial charge in [-0.2, -0.15) is 0 Å². The van der Waals surface area contributed by atoms with Gasteiger partial charge < -0.3 is 20.1 Å². The Morgan fingerprint density at radius 2 is 2.20 bits per heavy atom. The topological polar surface area (TPSA) is 59.6 Å². The molecule has 0 atom stereocenters. The Balaban J connectivity index is 1.74. The smallest absolute Gasteiger partial charge is 0.256 e. The molecule has 108 valence electrons. The Bertz CT molecular complexity index is 510. The number of anilines is 1. The Kier molecular flexibility index (Phi) is 3.63. The van der Waals surface area contributed by atoms with Gasteiger partial charge in [0.15, 0.2) is 0 Å². The summed E-state index contributed by atoms with van der Waals surface area (Å²) in [7, 11) is 1.61. The number of carbonyl (C=O) groups is 1. The molecule has 3 rings (SSSR count). The first-order chi connectivity index (χ1) is 9.73. The quantitative estimate of drug-likeness (QED) is 0.874. The van der Waals surface area contributed by atoms with Crippen LogP contribution in [0.5, 0.6) is 5.75 Å². The van der Waals surface area contributed by atoms with Gasteiger partial charge in [-0.25, -0.2) is 0 Å². The van der Waals surface area contributed by atoms with E-state index in [9.17, 15) is 4.79 Å². The summed E-state index contributed by atoms with van der Waals surface area (Å²) in [6, 6.07) is 5.79.